The largest absolute Gasteiger partial charge is 0.481 e. The molecule has 0 fully saturated rings. The van der Waals surface area contributed by atoms with E-state index in [1.165, 1.54) is 7.11 Å². The molecule has 94 valence electrons. The van der Waals surface area contributed by atoms with E-state index in [-0.39, 0.29) is 13.2 Å². The van der Waals surface area contributed by atoms with Gasteiger partial charge in [0.15, 0.2) is 0 Å². The van der Waals surface area contributed by atoms with Gasteiger partial charge in [0.25, 0.3) is 0 Å². The van der Waals surface area contributed by atoms with Crippen LogP contribution in [0.1, 0.15) is 12.8 Å². The summed E-state index contributed by atoms with van der Waals surface area (Å²) in [6, 6.07) is -1.06. The number of carbonyl (C=O) groups is 2. The van der Waals surface area contributed by atoms with Crippen LogP contribution in [0.25, 0.3) is 0 Å². The smallest absolute Gasteiger partial charge is 0.305 e. The topological polar surface area (TPSA) is 122 Å². The van der Waals surface area contributed by atoms with Gasteiger partial charge >= 0.3 is 5.97 Å². The Hall–Kier alpha value is -1.18. The number of carbonyl (C=O) groups excluding carboxylic acids is 1. The zero-order chi connectivity index (χ0) is 12.6. The second kappa shape index (κ2) is 8.03. The molecule has 0 aromatic rings. The quantitative estimate of drug-likeness (QED) is 0.397. The van der Waals surface area contributed by atoms with Crippen LogP contribution < -0.4 is 11.1 Å². The average molecular weight is 234 g/mol. The molecule has 0 aromatic carbocycles. The van der Waals surface area contributed by atoms with Gasteiger partial charge in [-0.05, 0) is 6.42 Å². The summed E-state index contributed by atoms with van der Waals surface area (Å²) in [6.45, 7) is 0.424. The van der Waals surface area contributed by atoms with Gasteiger partial charge in [0.1, 0.15) is 0 Å². The van der Waals surface area contributed by atoms with Gasteiger partial charge in [-0.15, -0.1) is 0 Å². The molecule has 7 nitrogen and oxygen atoms in total. The lowest BCUT2D eigenvalue weighted by atomic mass is 10.2. The van der Waals surface area contributed by atoms with Crippen molar-refractivity contribution in [3.8, 4) is 0 Å². The molecule has 0 heterocycles. The number of rotatable bonds is 8. The van der Waals surface area contributed by atoms with Crippen molar-refractivity contribution in [2.75, 3.05) is 20.3 Å². The molecular weight excluding hydrogens is 216 g/mol. The van der Waals surface area contributed by atoms with E-state index in [1.807, 2.05) is 0 Å². The van der Waals surface area contributed by atoms with Gasteiger partial charge in [-0.25, -0.2) is 0 Å². The second-order valence-electron chi connectivity index (χ2n) is 3.39. The monoisotopic (exact) mass is 234 g/mol. The summed E-state index contributed by atoms with van der Waals surface area (Å²) in [4.78, 5) is 21.5. The predicted octanol–water partition coefficient (Wildman–Crippen LogP) is -1.70. The van der Waals surface area contributed by atoms with Gasteiger partial charge < -0.3 is 26.0 Å². The first-order chi connectivity index (χ1) is 7.47. The highest BCUT2D eigenvalue weighted by Gasteiger charge is 2.16. The molecular formula is C9H18N2O5. The van der Waals surface area contributed by atoms with Crippen LogP contribution in [0.5, 0.6) is 0 Å². The second-order valence-corrected chi connectivity index (χ2v) is 3.39. The standard InChI is InChI=1S/C9H18N2O5/c1-16-5-6(12)2-3-11-9(15)7(10)4-8(13)14/h6-7,12H,2-5,10H2,1H3,(H,11,15)(H,13,14). The summed E-state index contributed by atoms with van der Waals surface area (Å²) in [5, 5.41) is 20.1. The van der Waals surface area contributed by atoms with Crippen molar-refractivity contribution >= 4 is 11.9 Å². The Balaban J connectivity index is 3.68. The lowest BCUT2D eigenvalue weighted by Gasteiger charge is -2.12. The van der Waals surface area contributed by atoms with Gasteiger partial charge in [-0.1, -0.05) is 0 Å². The van der Waals surface area contributed by atoms with Crippen molar-refractivity contribution in [2.24, 2.45) is 5.73 Å². The van der Waals surface area contributed by atoms with Gasteiger partial charge in [0.2, 0.25) is 5.91 Å². The lowest BCUT2D eigenvalue weighted by molar-refractivity contribution is -0.139. The maximum atomic E-state index is 11.2. The summed E-state index contributed by atoms with van der Waals surface area (Å²) in [7, 11) is 1.46. The highest BCUT2D eigenvalue weighted by molar-refractivity contribution is 5.85. The molecule has 0 saturated heterocycles. The Kier molecular flexibility index (Phi) is 7.44. The number of aliphatic carboxylic acids is 1. The lowest BCUT2D eigenvalue weighted by Crippen LogP contribution is -2.42. The minimum atomic E-state index is -1.12. The van der Waals surface area contributed by atoms with E-state index in [2.05, 4.69) is 5.32 Å². The van der Waals surface area contributed by atoms with Gasteiger partial charge in [-0.3, -0.25) is 9.59 Å². The SMILES string of the molecule is COCC(O)CCNC(=O)C(N)CC(=O)O. The molecule has 0 bridgehead atoms. The van der Waals surface area contributed by atoms with E-state index in [0.717, 1.165) is 0 Å². The molecule has 0 saturated carbocycles. The minimum absolute atomic E-state index is 0.192. The molecule has 2 atom stereocenters. The number of carboxylic acid groups (broad SMARTS) is 1. The Morgan fingerprint density at radius 2 is 2.12 bits per heavy atom. The third-order valence-corrected chi connectivity index (χ3v) is 1.87. The number of aliphatic hydroxyl groups is 1. The maximum Gasteiger partial charge on any atom is 0.305 e. The predicted molar refractivity (Wildman–Crippen MR) is 55.7 cm³/mol. The van der Waals surface area contributed by atoms with Gasteiger partial charge in [0.05, 0.1) is 25.2 Å². The van der Waals surface area contributed by atoms with Crippen molar-refractivity contribution in [1.29, 1.82) is 0 Å². The van der Waals surface area contributed by atoms with E-state index in [4.69, 9.17) is 15.6 Å². The summed E-state index contributed by atoms with van der Waals surface area (Å²) in [6.07, 6.45) is -0.729. The first kappa shape index (κ1) is 14.8. The maximum absolute atomic E-state index is 11.2. The molecule has 0 aliphatic carbocycles. The Labute approximate surface area is 93.6 Å². The molecule has 7 heteroatoms. The van der Waals surface area contributed by atoms with Crippen LogP contribution in [-0.4, -0.2) is 54.5 Å². The highest BCUT2D eigenvalue weighted by atomic mass is 16.5. The molecule has 0 aromatic heterocycles. The van der Waals surface area contributed by atoms with Gasteiger partial charge in [-0.2, -0.15) is 0 Å². The Morgan fingerprint density at radius 1 is 1.50 bits per heavy atom. The molecule has 5 N–H and O–H groups in total. The van der Waals surface area contributed by atoms with Crippen LogP contribution in [0.15, 0.2) is 0 Å². The molecule has 1 amide bonds. The summed E-state index contributed by atoms with van der Waals surface area (Å²) < 4.78 is 4.70. The van der Waals surface area contributed by atoms with E-state index < -0.39 is 30.4 Å². The van der Waals surface area contributed by atoms with E-state index in [1.54, 1.807) is 0 Å². The zero-order valence-corrected chi connectivity index (χ0v) is 9.18. The fourth-order valence-corrected chi connectivity index (χ4v) is 1.05. The van der Waals surface area contributed by atoms with Crippen LogP contribution in [0, 0.1) is 0 Å². The average Bonchev–Trinajstić information content (AvgIpc) is 2.16. The number of nitrogens with two attached hydrogens (primary N) is 1. The number of ether oxygens (including phenoxy) is 1. The summed E-state index contributed by atoms with van der Waals surface area (Å²) >= 11 is 0. The van der Waals surface area contributed by atoms with Crippen LogP contribution in [-0.2, 0) is 14.3 Å². The third kappa shape index (κ3) is 7.16. The van der Waals surface area contributed by atoms with Crippen LogP contribution in [0.3, 0.4) is 0 Å². The summed E-state index contributed by atoms with van der Waals surface area (Å²) in [5.41, 5.74) is 5.31. The van der Waals surface area contributed by atoms with Gasteiger partial charge in [0, 0.05) is 13.7 Å². The number of methoxy groups -OCH3 is 1. The number of amides is 1. The van der Waals surface area contributed by atoms with Crippen molar-refractivity contribution in [3.05, 3.63) is 0 Å². The molecule has 16 heavy (non-hydrogen) atoms. The Morgan fingerprint density at radius 3 is 2.62 bits per heavy atom. The fraction of sp³-hybridized carbons (Fsp3) is 0.778. The number of hydrogen-bond donors (Lipinski definition) is 4. The van der Waals surface area contributed by atoms with Crippen LogP contribution in [0.4, 0.5) is 0 Å². The zero-order valence-electron chi connectivity index (χ0n) is 9.18. The number of aliphatic hydroxyl groups excluding tert-OH is 1. The van der Waals surface area contributed by atoms with Crippen molar-refractivity contribution in [3.63, 3.8) is 0 Å². The van der Waals surface area contributed by atoms with E-state index >= 15 is 0 Å². The summed E-state index contributed by atoms with van der Waals surface area (Å²) in [5.74, 6) is -1.66. The van der Waals surface area contributed by atoms with Crippen molar-refractivity contribution in [2.45, 2.75) is 25.0 Å². The first-order valence-corrected chi connectivity index (χ1v) is 4.89. The molecule has 0 radical (unpaired) electrons. The van der Waals surface area contributed by atoms with E-state index in [9.17, 15) is 14.7 Å². The molecule has 0 rings (SSSR count). The van der Waals surface area contributed by atoms with Crippen molar-refractivity contribution in [1.82, 2.24) is 5.32 Å². The van der Waals surface area contributed by atoms with Crippen molar-refractivity contribution < 1.29 is 24.5 Å². The number of nitrogens with one attached hydrogen (secondary N) is 1. The molecule has 0 spiro atoms. The highest BCUT2D eigenvalue weighted by Crippen LogP contribution is 1.92. The molecule has 0 aliphatic heterocycles. The molecule has 0 aliphatic rings. The van der Waals surface area contributed by atoms with E-state index in [0.29, 0.717) is 6.42 Å². The van der Waals surface area contributed by atoms with Crippen LogP contribution in [0.2, 0.25) is 0 Å². The molecule has 2 unspecified atom stereocenters. The first-order valence-electron chi connectivity index (χ1n) is 4.89. The Bertz CT molecular complexity index is 234. The number of hydrogen-bond acceptors (Lipinski definition) is 5. The number of carboxylic acids is 1. The normalized spacial score (nSPS) is 14.2. The van der Waals surface area contributed by atoms with Crippen LogP contribution >= 0.6 is 0 Å². The third-order valence-electron chi connectivity index (χ3n) is 1.87. The minimum Gasteiger partial charge on any atom is -0.481 e. The fourth-order valence-electron chi connectivity index (χ4n) is 1.05.